The van der Waals surface area contributed by atoms with Crippen LogP contribution in [-0.2, 0) is 0 Å². The minimum Gasteiger partial charge on any atom is -0.495 e. The maximum atomic E-state index is 5.85. The fourth-order valence-corrected chi connectivity index (χ4v) is 1.62. The number of nitrogens with zero attached hydrogens (tertiary/aromatic N) is 3. The van der Waals surface area contributed by atoms with Gasteiger partial charge in [-0.05, 0) is 32.0 Å². The standard InChI is InChI=1S/C12H14N4O/c1-7-14-8(2)16-12(15-7)9-4-5-11(17-3)10(13)6-9/h4-6H,13H2,1-3H3. The van der Waals surface area contributed by atoms with Crippen LogP contribution >= 0.6 is 0 Å². The Morgan fingerprint density at radius 3 is 2.24 bits per heavy atom. The molecule has 88 valence electrons. The molecule has 0 saturated heterocycles. The van der Waals surface area contributed by atoms with Gasteiger partial charge in [0.15, 0.2) is 5.82 Å². The van der Waals surface area contributed by atoms with E-state index in [0.29, 0.717) is 28.9 Å². The summed E-state index contributed by atoms with van der Waals surface area (Å²) in [4.78, 5) is 12.7. The molecule has 0 spiro atoms. The Labute approximate surface area is 99.7 Å². The topological polar surface area (TPSA) is 73.9 Å². The zero-order valence-corrected chi connectivity index (χ0v) is 10.1. The predicted molar refractivity (Wildman–Crippen MR) is 65.7 cm³/mol. The van der Waals surface area contributed by atoms with Crippen LogP contribution in [0.2, 0.25) is 0 Å². The number of aryl methyl sites for hydroxylation is 2. The van der Waals surface area contributed by atoms with Crippen molar-refractivity contribution in [3.63, 3.8) is 0 Å². The van der Waals surface area contributed by atoms with Gasteiger partial charge in [-0.2, -0.15) is 0 Å². The molecular weight excluding hydrogens is 216 g/mol. The molecule has 2 aromatic rings. The zero-order valence-electron chi connectivity index (χ0n) is 10.1. The van der Waals surface area contributed by atoms with Gasteiger partial charge in [0.05, 0.1) is 12.8 Å². The molecule has 2 N–H and O–H groups in total. The number of anilines is 1. The van der Waals surface area contributed by atoms with Crippen LogP contribution in [0.25, 0.3) is 11.4 Å². The normalized spacial score (nSPS) is 10.3. The van der Waals surface area contributed by atoms with Crippen molar-refractivity contribution in [3.05, 3.63) is 29.8 Å². The summed E-state index contributed by atoms with van der Waals surface area (Å²) < 4.78 is 5.11. The molecule has 0 aliphatic heterocycles. The van der Waals surface area contributed by atoms with E-state index >= 15 is 0 Å². The van der Waals surface area contributed by atoms with E-state index in [0.717, 1.165) is 5.56 Å². The summed E-state index contributed by atoms with van der Waals surface area (Å²) in [6, 6.07) is 5.48. The van der Waals surface area contributed by atoms with Crippen LogP contribution in [0.1, 0.15) is 11.6 Å². The summed E-state index contributed by atoms with van der Waals surface area (Å²) in [5.41, 5.74) is 7.28. The maximum absolute atomic E-state index is 5.85. The Balaban J connectivity index is 2.49. The van der Waals surface area contributed by atoms with E-state index in [2.05, 4.69) is 15.0 Å². The molecule has 0 saturated carbocycles. The van der Waals surface area contributed by atoms with Gasteiger partial charge in [-0.1, -0.05) is 0 Å². The number of aromatic nitrogens is 3. The molecule has 0 unspecified atom stereocenters. The van der Waals surface area contributed by atoms with Gasteiger partial charge in [0.2, 0.25) is 0 Å². The fourth-order valence-electron chi connectivity index (χ4n) is 1.62. The van der Waals surface area contributed by atoms with Crippen LogP contribution in [-0.4, -0.2) is 22.1 Å². The van der Waals surface area contributed by atoms with Crippen LogP contribution in [0.5, 0.6) is 5.75 Å². The monoisotopic (exact) mass is 230 g/mol. The third-order valence-electron chi connectivity index (χ3n) is 2.35. The van der Waals surface area contributed by atoms with Crippen molar-refractivity contribution in [2.45, 2.75) is 13.8 Å². The van der Waals surface area contributed by atoms with E-state index in [9.17, 15) is 0 Å². The Morgan fingerprint density at radius 1 is 1.06 bits per heavy atom. The summed E-state index contributed by atoms with van der Waals surface area (Å²) in [5.74, 6) is 2.67. The number of nitrogens with two attached hydrogens (primary N) is 1. The minimum absolute atomic E-state index is 0.570. The van der Waals surface area contributed by atoms with E-state index in [4.69, 9.17) is 10.5 Å². The summed E-state index contributed by atoms with van der Waals surface area (Å²) in [7, 11) is 1.59. The molecule has 0 aliphatic rings. The molecule has 0 fully saturated rings. The second kappa shape index (κ2) is 4.37. The first kappa shape index (κ1) is 11.3. The van der Waals surface area contributed by atoms with Gasteiger partial charge in [0.1, 0.15) is 17.4 Å². The minimum atomic E-state index is 0.570. The first-order chi connectivity index (χ1) is 8.10. The lowest BCUT2D eigenvalue weighted by atomic mass is 10.2. The van der Waals surface area contributed by atoms with Crippen LogP contribution in [0, 0.1) is 13.8 Å². The number of hydrogen-bond donors (Lipinski definition) is 1. The first-order valence-electron chi connectivity index (χ1n) is 5.23. The molecule has 1 aromatic heterocycles. The number of methoxy groups -OCH3 is 1. The van der Waals surface area contributed by atoms with Gasteiger partial charge < -0.3 is 10.5 Å². The number of hydrogen-bond acceptors (Lipinski definition) is 5. The van der Waals surface area contributed by atoms with Crippen molar-refractivity contribution in [1.82, 2.24) is 15.0 Å². The van der Waals surface area contributed by atoms with E-state index in [1.807, 2.05) is 19.9 Å². The molecule has 5 nitrogen and oxygen atoms in total. The highest BCUT2D eigenvalue weighted by atomic mass is 16.5. The zero-order chi connectivity index (χ0) is 12.4. The van der Waals surface area contributed by atoms with E-state index in [1.54, 1.807) is 19.2 Å². The van der Waals surface area contributed by atoms with Crippen LogP contribution in [0.3, 0.4) is 0 Å². The van der Waals surface area contributed by atoms with Crippen LogP contribution in [0.15, 0.2) is 18.2 Å². The maximum Gasteiger partial charge on any atom is 0.163 e. The van der Waals surface area contributed by atoms with Crippen molar-refractivity contribution in [2.75, 3.05) is 12.8 Å². The predicted octanol–water partition coefficient (Wildman–Crippen LogP) is 1.75. The van der Waals surface area contributed by atoms with Crippen molar-refractivity contribution in [1.29, 1.82) is 0 Å². The van der Waals surface area contributed by atoms with Crippen LogP contribution < -0.4 is 10.5 Å². The fraction of sp³-hybridized carbons (Fsp3) is 0.250. The van der Waals surface area contributed by atoms with Gasteiger partial charge in [-0.15, -0.1) is 0 Å². The third kappa shape index (κ3) is 2.33. The molecule has 2 rings (SSSR count). The second-order valence-corrected chi connectivity index (χ2v) is 3.71. The molecule has 0 radical (unpaired) electrons. The Kier molecular flexibility index (Phi) is 2.91. The van der Waals surface area contributed by atoms with Gasteiger partial charge in [0.25, 0.3) is 0 Å². The van der Waals surface area contributed by atoms with Gasteiger partial charge >= 0.3 is 0 Å². The summed E-state index contributed by atoms with van der Waals surface area (Å²) in [6.45, 7) is 3.68. The lowest BCUT2D eigenvalue weighted by molar-refractivity contribution is 0.417. The van der Waals surface area contributed by atoms with Gasteiger partial charge in [0, 0.05) is 5.56 Å². The third-order valence-corrected chi connectivity index (χ3v) is 2.35. The average Bonchev–Trinajstić information content (AvgIpc) is 2.27. The van der Waals surface area contributed by atoms with E-state index in [1.165, 1.54) is 0 Å². The van der Waals surface area contributed by atoms with E-state index in [-0.39, 0.29) is 0 Å². The smallest absolute Gasteiger partial charge is 0.163 e. The molecule has 5 heteroatoms. The first-order valence-corrected chi connectivity index (χ1v) is 5.23. The second-order valence-electron chi connectivity index (χ2n) is 3.71. The van der Waals surface area contributed by atoms with E-state index < -0.39 is 0 Å². The molecule has 1 heterocycles. The number of benzene rings is 1. The highest BCUT2D eigenvalue weighted by molar-refractivity contribution is 5.66. The Morgan fingerprint density at radius 2 is 1.71 bits per heavy atom. The molecule has 0 amide bonds. The van der Waals surface area contributed by atoms with Crippen molar-refractivity contribution in [3.8, 4) is 17.1 Å². The van der Waals surface area contributed by atoms with Crippen molar-refractivity contribution < 1.29 is 4.74 Å². The van der Waals surface area contributed by atoms with Crippen molar-refractivity contribution >= 4 is 5.69 Å². The molecule has 17 heavy (non-hydrogen) atoms. The molecule has 1 aromatic carbocycles. The largest absolute Gasteiger partial charge is 0.495 e. The SMILES string of the molecule is COc1ccc(-c2nc(C)nc(C)n2)cc1N. The van der Waals surface area contributed by atoms with Crippen LogP contribution in [0.4, 0.5) is 5.69 Å². The summed E-state index contributed by atoms with van der Waals surface area (Å²) in [5, 5.41) is 0. The number of rotatable bonds is 2. The van der Waals surface area contributed by atoms with Gasteiger partial charge in [-0.3, -0.25) is 0 Å². The van der Waals surface area contributed by atoms with Gasteiger partial charge in [-0.25, -0.2) is 15.0 Å². The van der Waals surface area contributed by atoms with Crippen molar-refractivity contribution in [2.24, 2.45) is 0 Å². The summed E-state index contributed by atoms with van der Waals surface area (Å²) in [6.07, 6.45) is 0. The highest BCUT2D eigenvalue weighted by Gasteiger charge is 2.07. The molecular formula is C12H14N4O. The average molecular weight is 230 g/mol. The number of nitrogen functional groups attached to an aromatic ring is 1. The summed E-state index contributed by atoms with van der Waals surface area (Å²) >= 11 is 0. The Bertz CT molecular complexity index is 534. The Hall–Kier alpha value is -2.17. The molecule has 0 atom stereocenters. The lowest BCUT2D eigenvalue weighted by Crippen LogP contribution is -2.00. The molecule has 0 aliphatic carbocycles. The number of ether oxygens (including phenoxy) is 1. The lowest BCUT2D eigenvalue weighted by Gasteiger charge is -2.07. The highest BCUT2D eigenvalue weighted by Crippen LogP contribution is 2.26. The quantitative estimate of drug-likeness (QED) is 0.795. The molecule has 0 bridgehead atoms.